The minimum absolute atomic E-state index is 0.0116. The molecule has 1 aliphatic rings. The smallest absolute Gasteiger partial charge is 0.324 e. The predicted molar refractivity (Wildman–Crippen MR) is 76.4 cm³/mol. The Morgan fingerprint density at radius 1 is 1.19 bits per heavy atom. The van der Waals surface area contributed by atoms with E-state index in [1.807, 2.05) is 0 Å². The number of phenolic OH excluding ortho intramolecular Hbond substituents is 1. The number of rotatable bonds is 3. The van der Waals surface area contributed by atoms with Crippen LogP contribution in [0.15, 0.2) is 36.4 Å². The lowest BCUT2D eigenvalue weighted by Crippen LogP contribution is -2.38. The van der Waals surface area contributed by atoms with Gasteiger partial charge in [-0.3, -0.25) is 10.1 Å². The minimum Gasteiger partial charge on any atom is -0.507 e. The summed E-state index contributed by atoms with van der Waals surface area (Å²) >= 11 is 0.990. The number of hydrogen-bond donors (Lipinski definition) is 1. The van der Waals surface area contributed by atoms with Gasteiger partial charge in [-0.05, 0) is 24.6 Å². The Hall–Kier alpha value is -1.96. The van der Waals surface area contributed by atoms with E-state index in [0.29, 0.717) is 23.7 Å². The standard InChI is InChI=1S/C14H13NO5S/c16-11-5-2-1-4-10(11)14(19-8-3-9-20-14)12-6-7-13(21-12)15(17)18/h1-2,4-7,16H,3,8-9H2. The van der Waals surface area contributed by atoms with Gasteiger partial charge in [0.15, 0.2) is 0 Å². The third-order valence-corrected chi connectivity index (χ3v) is 4.37. The number of nitro groups is 1. The molecule has 0 amide bonds. The second-order valence-corrected chi connectivity index (χ2v) is 5.64. The van der Waals surface area contributed by atoms with Crippen LogP contribution in [0.2, 0.25) is 0 Å². The van der Waals surface area contributed by atoms with Gasteiger partial charge in [0, 0.05) is 6.07 Å². The van der Waals surface area contributed by atoms with Gasteiger partial charge in [0.2, 0.25) is 5.79 Å². The van der Waals surface area contributed by atoms with Gasteiger partial charge in [0.25, 0.3) is 0 Å². The zero-order chi connectivity index (χ0) is 14.9. The van der Waals surface area contributed by atoms with Crippen LogP contribution in [0.5, 0.6) is 5.75 Å². The first-order valence-corrected chi connectivity index (χ1v) is 7.26. The molecule has 21 heavy (non-hydrogen) atoms. The molecular formula is C14H13NO5S. The van der Waals surface area contributed by atoms with Crippen molar-refractivity contribution in [2.24, 2.45) is 0 Å². The maximum atomic E-state index is 10.9. The number of hydrogen-bond acceptors (Lipinski definition) is 6. The van der Waals surface area contributed by atoms with Crippen molar-refractivity contribution in [3.63, 3.8) is 0 Å². The summed E-state index contributed by atoms with van der Waals surface area (Å²) in [7, 11) is 0. The lowest BCUT2D eigenvalue weighted by Gasteiger charge is -2.36. The minimum atomic E-state index is -1.28. The summed E-state index contributed by atoms with van der Waals surface area (Å²) in [6.45, 7) is 0.917. The van der Waals surface area contributed by atoms with Crippen LogP contribution in [-0.4, -0.2) is 23.2 Å². The Balaban J connectivity index is 2.12. The normalized spacial score (nSPS) is 17.5. The van der Waals surface area contributed by atoms with Crippen LogP contribution >= 0.6 is 11.3 Å². The van der Waals surface area contributed by atoms with Crippen LogP contribution in [-0.2, 0) is 15.3 Å². The zero-order valence-electron chi connectivity index (χ0n) is 11.0. The number of phenols is 1. The number of thiophene rings is 1. The molecule has 1 N–H and O–H groups in total. The summed E-state index contributed by atoms with van der Waals surface area (Å²) in [5.41, 5.74) is 0.460. The van der Waals surface area contributed by atoms with E-state index in [4.69, 9.17) is 9.47 Å². The van der Waals surface area contributed by atoms with Crippen LogP contribution in [0.4, 0.5) is 5.00 Å². The Labute approximate surface area is 124 Å². The van der Waals surface area contributed by atoms with Crippen molar-refractivity contribution in [3.8, 4) is 5.75 Å². The van der Waals surface area contributed by atoms with Crippen molar-refractivity contribution in [1.82, 2.24) is 0 Å². The molecule has 7 heteroatoms. The predicted octanol–water partition coefficient (Wildman–Crippen LogP) is 3.00. The highest BCUT2D eigenvalue weighted by atomic mass is 32.1. The largest absolute Gasteiger partial charge is 0.507 e. The maximum absolute atomic E-state index is 10.9. The van der Waals surface area contributed by atoms with Crippen LogP contribution in [0, 0.1) is 10.1 Å². The number of ether oxygens (including phenoxy) is 2. The topological polar surface area (TPSA) is 81.8 Å². The molecule has 0 atom stereocenters. The average Bonchev–Trinajstić information content (AvgIpc) is 2.99. The van der Waals surface area contributed by atoms with Crippen molar-refractivity contribution in [2.45, 2.75) is 12.2 Å². The molecule has 0 radical (unpaired) electrons. The van der Waals surface area contributed by atoms with Crippen LogP contribution in [0.3, 0.4) is 0 Å². The molecule has 0 bridgehead atoms. The van der Waals surface area contributed by atoms with Gasteiger partial charge < -0.3 is 14.6 Å². The van der Waals surface area contributed by atoms with E-state index >= 15 is 0 Å². The van der Waals surface area contributed by atoms with Gasteiger partial charge in [0.1, 0.15) is 5.75 Å². The highest BCUT2D eigenvalue weighted by molar-refractivity contribution is 7.15. The molecule has 1 aromatic carbocycles. The molecule has 2 heterocycles. The average molecular weight is 307 g/mol. The fraction of sp³-hybridized carbons (Fsp3) is 0.286. The van der Waals surface area contributed by atoms with E-state index in [1.54, 1.807) is 30.3 Å². The Morgan fingerprint density at radius 3 is 2.52 bits per heavy atom. The summed E-state index contributed by atoms with van der Waals surface area (Å²) in [5.74, 6) is -1.24. The number of aromatic hydroxyl groups is 1. The summed E-state index contributed by atoms with van der Waals surface area (Å²) < 4.78 is 11.6. The van der Waals surface area contributed by atoms with E-state index < -0.39 is 10.7 Å². The molecule has 0 spiro atoms. The molecule has 2 aromatic rings. The van der Waals surface area contributed by atoms with Gasteiger partial charge in [-0.2, -0.15) is 0 Å². The van der Waals surface area contributed by atoms with Gasteiger partial charge in [-0.15, -0.1) is 0 Å². The first-order chi connectivity index (χ1) is 10.1. The van der Waals surface area contributed by atoms with E-state index in [-0.39, 0.29) is 10.8 Å². The highest BCUT2D eigenvalue weighted by Gasteiger charge is 2.43. The van der Waals surface area contributed by atoms with E-state index in [9.17, 15) is 15.2 Å². The monoisotopic (exact) mass is 307 g/mol. The SMILES string of the molecule is O=[N+]([O-])c1ccc(C2(c3ccccc3O)OCCCO2)s1. The molecule has 0 unspecified atom stereocenters. The first-order valence-electron chi connectivity index (χ1n) is 6.44. The number of nitrogens with zero attached hydrogens (tertiary/aromatic N) is 1. The fourth-order valence-corrected chi connectivity index (χ4v) is 3.25. The Kier molecular flexibility index (Phi) is 3.62. The lowest BCUT2D eigenvalue weighted by atomic mass is 10.0. The summed E-state index contributed by atoms with van der Waals surface area (Å²) in [6.07, 6.45) is 0.739. The second kappa shape index (κ2) is 5.44. The molecule has 1 fully saturated rings. The molecule has 3 rings (SSSR count). The fourth-order valence-electron chi connectivity index (χ4n) is 2.32. The van der Waals surface area contributed by atoms with Gasteiger partial charge in [0.05, 0.1) is 28.6 Å². The molecule has 1 saturated heterocycles. The number of para-hydroxylation sites is 1. The van der Waals surface area contributed by atoms with Crippen molar-refractivity contribution in [2.75, 3.05) is 13.2 Å². The van der Waals surface area contributed by atoms with Crippen LogP contribution < -0.4 is 0 Å². The van der Waals surface area contributed by atoms with Gasteiger partial charge in [-0.25, -0.2) is 0 Å². The van der Waals surface area contributed by atoms with E-state index in [0.717, 1.165) is 17.8 Å². The number of benzene rings is 1. The van der Waals surface area contributed by atoms with Crippen molar-refractivity contribution < 1.29 is 19.5 Å². The van der Waals surface area contributed by atoms with E-state index in [1.165, 1.54) is 6.07 Å². The first kappa shape index (κ1) is 14.0. The van der Waals surface area contributed by atoms with Crippen molar-refractivity contribution in [3.05, 3.63) is 57.0 Å². The quantitative estimate of drug-likeness (QED) is 0.696. The molecule has 0 saturated carbocycles. The third-order valence-electron chi connectivity index (χ3n) is 3.25. The molecule has 0 aliphatic carbocycles. The second-order valence-electron chi connectivity index (χ2n) is 4.58. The highest BCUT2D eigenvalue weighted by Crippen LogP contribution is 2.45. The zero-order valence-corrected chi connectivity index (χ0v) is 11.8. The molecular weight excluding hydrogens is 294 g/mol. The van der Waals surface area contributed by atoms with Gasteiger partial charge >= 0.3 is 5.00 Å². The molecule has 1 aliphatic heterocycles. The summed E-state index contributed by atoms with van der Waals surface area (Å²) in [4.78, 5) is 11.0. The Bertz CT molecular complexity index is 663. The molecule has 110 valence electrons. The van der Waals surface area contributed by atoms with Crippen molar-refractivity contribution >= 4 is 16.3 Å². The van der Waals surface area contributed by atoms with E-state index in [2.05, 4.69) is 0 Å². The van der Waals surface area contributed by atoms with Crippen molar-refractivity contribution in [1.29, 1.82) is 0 Å². The van der Waals surface area contributed by atoms with Crippen LogP contribution in [0.1, 0.15) is 16.9 Å². The van der Waals surface area contributed by atoms with Crippen LogP contribution in [0.25, 0.3) is 0 Å². The molecule has 6 nitrogen and oxygen atoms in total. The lowest BCUT2D eigenvalue weighted by molar-refractivity contribution is -0.380. The molecule has 1 aromatic heterocycles. The van der Waals surface area contributed by atoms with Gasteiger partial charge in [-0.1, -0.05) is 23.5 Å². The summed E-state index contributed by atoms with van der Waals surface area (Å²) in [6, 6.07) is 9.74. The third kappa shape index (κ3) is 2.39. The summed E-state index contributed by atoms with van der Waals surface area (Å²) in [5, 5.41) is 21.0. The maximum Gasteiger partial charge on any atom is 0.324 e. The Morgan fingerprint density at radius 2 is 1.90 bits per heavy atom.